The van der Waals surface area contributed by atoms with Crippen LogP contribution in [0, 0.1) is 0 Å². The molecule has 0 heterocycles. The Bertz CT molecular complexity index is 469. The molecule has 0 unspecified atom stereocenters. The van der Waals surface area contributed by atoms with Crippen molar-refractivity contribution in [2.75, 3.05) is 7.11 Å². The second-order valence-electron chi connectivity index (χ2n) is 4.57. The average molecular weight is 265 g/mol. The Kier molecular flexibility index (Phi) is 5.36. The first-order chi connectivity index (χ1) is 8.93. The van der Waals surface area contributed by atoms with Gasteiger partial charge in [-0.1, -0.05) is 26.0 Å². The maximum atomic E-state index is 11.3. The van der Waals surface area contributed by atoms with Gasteiger partial charge in [0.05, 0.1) is 7.11 Å². The van der Waals surface area contributed by atoms with E-state index in [1.807, 2.05) is 18.2 Å². The second kappa shape index (κ2) is 6.78. The number of aliphatic carboxylic acids is 1. The highest BCUT2D eigenvalue weighted by atomic mass is 16.5. The molecule has 5 heteroatoms. The minimum Gasteiger partial charge on any atom is -0.496 e. The number of carbonyl (C=O) groups is 2. The summed E-state index contributed by atoms with van der Waals surface area (Å²) in [5.74, 6) is -0.593. The van der Waals surface area contributed by atoms with Gasteiger partial charge in [-0.25, -0.2) is 0 Å². The van der Waals surface area contributed by atoms with Crippen molar-refractivity contribution in [1.29, 1.82) is 0 Å². The van der Waals surface area contributed by atoms with E-state index in [1.54, 1.807) is 7.11 Å². The highest BCUT2D eigenvalue weighted by Crippen LogP contribution is 2.24. The summed E-state index contributed by atoms with van der Waals surface area (Å²) in [5, 5.41) is 11.1. The number of hydrogen-bond donors (Lipinski definition) is 2. The quantitative estimate of drug-likeness (QED) is 0.770. The zero-order chi connectivity index (χ0) is 14.4. The minimum absolute atomic E-state index is 0.260. The molecule has 0 aliphatic heterocycles. The van der Waals surface area contributed by atoms with Gasteiger partial charge in [-0.05, 0) is 17.5 Å². The molecule has 0 aliphatic rings. The molecule has 0 saturated heterocycles. The van der Waals surface area contributed by atoms with Crippen molar-refractivity contribution in [2.24, 2.45) is 0 Å². The zero-order valence-corrected chi connectivity index (χ0v) is 11.4. The second-order valence-corrected chi connectivity index (χ2v) is 4.57. The molecule has 1 aromatic rings. The van der Waals surface area contributed by atoms with Crippen LogP contribution in [-0.2, 0) is 16.1 Å². The van der Waals surface area contributed by atoms with Crippen LogP contribution in [-0.4, -0.2) is 24.1 Å². The molecule has 0 saturated carbocycles. The number of nitrogens with one attached hydrogen (secondary N) is 1. The molecule has 2 N–H and O–H groups in total. The Morgan fingerprint density at radius 2 is 2.05 bits per heavy atom. The number of carboxylic acid groups (broad SMARTS) is 1. The lowest BCUT2D eigenvalue weighted by molar-refractivity contribution is -0.140. The zero-order valence-electron chi connectivity index (χ0n) is 11.4. The van der Waals surface area contributed by atoms with Gasteiger partial charge in [0.15, 0.2) is 0 Å². The van der Waals surface area contributed by atoms with Crippen molar-refractivity contribution in [3.63, 3.8) is 0 Å². The fraction of sp³-hybridized carbons (Fsp3) is 0.429. The Morgan fingerprint density at radius 3 is 2.58 bits per heavy atom. The largest absolute Gasteiger partial charge is 0.496 e. The van der Waals surface area contributed by atoms with Gasteiger partial charge in [0.25, 0.3) is 0 Å². The number of hydrogen-bond acceptors (Lipinski definition) is 3. The number of amides is 1. The summed E-state index contributed by atoms with van der Waals surface area (Å²) in [5.41, 5.74) is 1.98. The van der Waals surface area contributed by atoms with Gasteiger partial charge in [-0.2, -0.15) is 0 Å². The maximum absolute atomic E-state index is 11.3. The van der Waals surface area contributed by atoms with E-state index in [0.29, 0.717) is 11.7 Å². The molecule has 0 aromatic heterocycles. The van der Waals surface area contributed by atoms with E-state index in [-0.39, 0.29) is 6.54 Å². The fourth-order valence-electron chi connectivity index (χ4n) is 1.69. The van der Waals surface area contributed by atoms with Crippen molar-refractivity contribution < 1.29 is 19.4 Å². The van der Waals surface area contributed by atoms with Crippen molar-refractivity contribution >= 4 is 11.9 Å². The molecule has 0 bridgehead atoms. The number of ether oxygens (including phenoxy) is 1. The van der Waals surface area contributed by atoms with Crippen molar-refractivity contribution in [3.05, 3.63) is 29.3 Å². The van der Waals surface area contributed by atoms with E-state index in [9.17, 15) is 9.59 Å². The molecule has 5 nitrogen and oxygen atoms in total. The van der Waals surface area contributed by atoms with Crippen molar-refractivity contribution in [3.8, 4) is 5.75 Å². The summed E-state index contributed by atoms with van der Waals surface area (Å²) in [4.78, 5) is 21.7. The van der Waals surface area contributed by atoms with Gasteiger partial charge in [-0.15, -0.1) is 0 Å². The normalized spacial score (nSPS) is 10.3. The van der Waals surface area contributed by atoms with Crippen LogP contribution in [0.2, 0.25) is 0 Å². The summed E-state index contributed by atoms with van der Waals surface area (Å²) < 4.78 is 5.23. The maximum Gasteiger partial charge on any atom is 0.312 e. The molecule has 0 atom stereocenters. The van der Waals surface area contributed by atoms with E-state index in [1.165, 1.54) is 0 Å². The first-order valence-electron chi connectivity index (χ1n) is 6.09. The summed E-state index contributed by atoms with van der Waals surface area (Å²) in [6.45, 7) is 4.42. The first-order valence-corrected chi connectivity index (χ1v) is 6.09. The van der Waals surface area contributed by atoms with Gasteiger partial charge < -0.3 is 15.2 Å². The molecule has 0 spiro atoms. The van der Waals surface area contributed by atoms with Crippen LogP contribution < -0.4 is 10.1 Å². The Morgan fingerprint density at radius 1 is 1.37 bits per heavy atom. The molecule has 104 valence electrons. The van der Waals surface area contributed by atoms with Gasteiger partial charge >= 0.3 is 5.97 Å². The third kappa shape index (κ3) is 4.62. The van der Waals surface area contributed by atoms with Crippen molar-refractivity contribution in [1.82, 2.24) is 5.32 Å². The van der Waals surface area contributed by atoms with E-state index < -0.39 is 18.3 Å². The first kappa shape index (κ1) is 15.0. The number of benzene rings is 1. The van der Waals surface area contributed by atoms with Gasteiger partial charge in [0.1, 0.15) is 12.2 Å². The molecular weight excluding hydrogens is 246 g/mol. The molecule has 0 fully saturated rings. The molecule has 19 heavy (non-hydrogen) atoms. The smallest absolute Gasteiger partial charge is 0.312 e. The van der Waals surface area contributed by atoms with Gasteiger partial charge in [0, 0.05) is 12.1 Å². The Hall–Kier alpha value is -2.04. The van der Waals surface area contributed by atoms with Crippen molar-refractivity contribution in [2.45, 2.75) is 32.7 Å². The molecular formula is C14H19NO4. The number of carbonyl (C=O) groups excluding carboxylic acids is 1. The van der Waals surface area contributed by atoms with Crippen LogP contribution in [0.3, 0.4) is 0 Å². The van der Waals surface area contributed by atoms with Crippen LogP contribution in [0.4, 0.5) is 0 Å². The number of methoxy groups -OCH3 is 1. The molecule has 0 radical (unpaired) electrons. The Labute approximate surface area is 112 Å². The molecule has 0 aliphatic carbocycles. The van der Waals surface area contributed by atoms with E-state index in [2.05, 4.69) is 19.2 Å². The van der Waals surface area contributed by atoms with Crippen LogP contribution in [0.5, 0.6) is 5.75 Å². The van der Waals surface area contributed by atoms with Crippen LogP contribution in [0.15, 0.2) is 18.2 Å². The summed E-state index contributed by atoms with van der Waals surface area (Å²) >= 11 is 0. The summed E-state index contributed by atoms with van der Waals surface area (Å²) in [7, 11) is 1.56. The summed E-state index contributed by atoms with van der Waals surface area (Å²) in [6, 6.07) is 5.80. The Balaban J connectivity index is 2.77. The lowest BCUT2D eigenvalue weighted by atomic mass is 10.00. The van der Waals surface area contributed by atoms with Crippen LogP contribution in [0.1, 0.15) is 37.3 Å². The summed E-state index contributed by atoms with van der Waals surface area (Å²) in [6.07, 6.45) is -0.522. The van der Waals surface area contributed by atoms with E-state index in [0.717, 1.165) is 11.1 Å². The number of carboxylic acids is 1. The standard InChI is InChI=1S/C14H19NO4/c1-9(2)10-4-5-12(19-3)11(6-10)8-15-13(16)7-14(17)18/h4-6,9H,7-8H2,1-3H3,(H,15,16)(H,17,18). The highest BCUT2D eigenvalue weighted by Gasteiger charge is 2.10. The number of rotatable bonds is 6. The molecule has 1 amide bonds. The van der Waals surface area contributed by atoms with E-state index >= 15 is 0 Å². The SMILES string of the molecule is COc1ccc(C(C)C)cc1CNC(=O)CC(=O)O. The van der Waals surface area contributed by atoms with Gasteiger partial charge in [0.2, 0.25) is 5.91 Å². The molecule has 1 aromatic carbocycles. The fourth-order valence-corrected chi connectivity index (χ4v) is 1.69. The third-order valence-electron chi connectivity index (χ3n) is 2.76. The monoisotopic (exact) mass is 265 g/mol. The predicted octanol–water partition coefficient (Wildman–Crippen LogP) is 1.91. The topological polar surface area (TPSA) is 75.6 Å². The highest BCUT2D eigenvalue weighted by molar-refractivity contribution is 5.93. The van der Waals surface area contributed by atoms with Crippen LogP contribution in [0.25, 0.3) is 0 Å². The lowest BCUT2D eigenvalue weighted by Gasteiger charge is -2.13. The average Bonchev–Trinajstić information content (AvgIpc) is 2.35. The molecule has 1 rings (SSSR count). The van der Waals surface area contributed by atoms with Crippen LogP contribution >= 0.6 is 0 Å². The van der Waals surface area contributed by atoms with Gasteiger partial charge in [-0.3, -0.25) is 9.59 Å². The van der Waals surface area contributed by atoms with E-state index in [4.69, 9.17) is 9.84 Å². The minimum atomic E-state index is -1.14. The predicted molar refractivity (Wildman–Crippen MR) is 71.2 cm³/mol. The lowest BCUT2D eigenvalue weighted by Crippen LogP contribution is -2.25. The third-order valence-corrected chi connectivity index (χ3v) is 2.76.